The van der Waals surface area contributed by atoms with Gasteiger partial charge in [-0.3, -0.25) is 14.4 Å². The lowest BCUT2D eigenvalue weighted by Crippen LogP contribution is -2.52. The molecule has 0 aromatic carbocycles. The molecule has 2 fully saturated rings. The number of hydrogen-bond acceptors (Lipinski definition) is 3. The summed E-state index contributed by atoms with van der Waals surface area (Å²) in [6.45, 7) is 4.22. The van der Waals surface area contributed by atoms with Crippen LogP contribution in [0, 0.1) is 12.8 Å². The first-order chi connectivity index (χ1) is 13.1. The summed E-state index contributed by atoms with van der Waals surface area (Å²) < 4.78 is 0. The summed E-state index contributed by atoms with van der Waals surface area (Å²) in [5, 5.41) is 0. The monoisotopic (exact) mass is 371 g/mol. The maximum atomic E-state index is 13.0. The van der Waals surface area contributed by atoms with E-state index in [0.29, 0.717) is 38.3 Å². The highest BCUT2D eigenvalue weighted by Gasteiger charge is 2.32. The fourth-order valence-corrected chi connectivity index (χ4v) is 4.88. The molecule has 4 rings (SSSR count). The first-order valence-electron chi connectivity index (χ1n) is 10.4. The van der Waals surface area contributed by atoms with Gasteiger partial charge in [0.2, 0.25) is 5.91 Å². The molecule has 0 atom stereocenters. The molecular formula is C21H29N3O3. The molecule has 6 heteroatoms. The Bertz CT molecular complexity index is 753. The number of aryl methyl sites for hydroxylation is 1. The number of rotatable bonds is 2. The molecule has 1 aromatic rings. The van der Waals surface area contributed by atoms with Crippen LogP contribution in [0.15, 0.2) is 0 Å². The van der Waals surface area contributed by atoms with E-state index in [1.807, 2.05) is 16.7 Å². The smallest absolute Gasteiger partial charge is 0.270 e. The lowest BCUT2D eigenvalue weighted by Gasteiger charge is -2.37. The Balaban J connectivity index is 1.40. The lowest BCUT2D eigenvalue weighted by molar-refractivity contribution is -0.138. The number of nitrogens with zero attached hydrogens (tertiary/aromatic N) is 2. The van der Waals surface area contributed by atoms with Crippen molar-refractivity contribution in [1.29, 1.82) is 0 Å². The van der Waals surface area contributed by atoms with E-state index in [9.17, 15) is 14.4 Å². The molecule has 1 N–H and O–H groups in total. The van der Waals surface area contributed by atoms with Gasteiger partial charge in [-0.2, -0.15) is 0 Å². The minimum atomic E-state index is -0.0422. The van der Waals surface area contributed by atoms with Crippen LogP contribution in [0.2, 0.25) is 0 Å². The van der Waals surface area contributed by atoms with Gasteiger partial charge >= 0.3 is 0 Å². The topological polar surface area (TPSA) is 73.5 Å². The molecule has 1 saturated heterocycles. The van der Waals surface area contributed by atoms with E-state index < -0.39 is 0 Å². The molecule has 0 unspecified atom stereocenters. The van der Waals surface area contributed by atoms with Crippen molar-refractivity contribution in [2.45, 2.75) is 58.3 Å². The first kappa shape index (κ1) is 18.3. The fraction of sp³-hybridized carbons (Fsp3) is 0.667. The number of piperazine rings is 1. The summed E-state index contributed by atoms with van der Waals surface area (Å²) in [4.78, 5) is 44.9. The van der Waals surface area contributed by atoms with Crippen LogP contribution >= 0.6 is 0 Å². The molecule has 0 spiro atoms. The van der Waals surface area contributed by atoms with Crippen molar-refractivity contribution in [3.05, 3.63) is 22.5 Å². The van der Waals surface area contributed by atoms with Crippen molar-refractivity contribution < 1.29 is 14.4 Å². The first-order valence-corrected chi connectivity index (χ1v) is 10.4. The number of fused-ring (bicyclic) bond motifs is 1. The van der Waals surface area contributed by atoms with Gasteiger partial charge in [-0.05, 0) is 38.2 Å². The SMILES string of the molecule is Cc1c(C(=O)N2CCN(C(=O)C3CCCCC3)CC2)[nH]c2c1C(=O)CCC2. The highest BCUT2D eigenvalue weighted by molar-refractivity contribution is 6.04. The Hall–Kier alpha value is -2.11. The van der Waals surface area contributed by atoms with Gasteiger partial charge in [0.1, 0.15) is 5.69 Å². The molecule has 0 bridgehead atoms. The molecule has 3 aliphatic rings. The highest BCUT2D eigenvalue weighted by Crippen LogP contribution is 2.28. The molecule has 1 aromatic heterocycles. The van der Waals surface area contributed by atoms with E-state index in [0.717, 1.165) is 55.3 Å². The van der Waals surface area contributed by atoms with Crippen molar-refractivity contribution >= 4 is 17.6 Å². The molecule has 1 saturated carbocycles. The van der Waals surface area contributed by atoms with Gasteiger partial charge in [-0.15, -0.1) is 0 Å². The van der Waals surface area contributed by atoms with Crippen LogP contribution in [0.5, 0.6) is 0 Å². The second-order valence-electron chi connectivity index (χ2n) is 8.21. The summed E-state index contributed by atoms with van der Waals surface area (Å²) in [7, 11) is 0. The molecule has 2 aliphatic carbocycles. The van der Waals surface area contributed by atoms with Crippen molar-refractivity contribution in [1.82, 2.24) is 14.8 Å². The molecule has 2 heterocycles. The predicted octanol–water partition coefficient (Wildman–Crippen LogP) is 2.71. The molecule has 1 aliphatic heterocycles. The normalized spacial score (nSPS) is 21.3. The molecule has 146 valence electrons. The van der Waals surface area contributed by atoms with Crippen LogP contribution in [-0.4, -0.2) is 58.6 Å². The number of ketones is 1. The van der Waals surface area contributed by atoms with E-state index in [-0.39, 0.29) is 23.5 Å². The average molecular weight is 371 g/mol. The van der Waals surface area contributed by atoms with Gasteiger partial charge in [-0.1, -0.05) is 19.3 Å². The Morgan fingerprint density at radius 1 is 0.926 bits per heavy atom. The van der Waals surface area contributed by atoms with Gasteiger partial charge in [-0.25, -0.2) is 0 Å². The maximum Gasteiger partial charge on any atom is 0.270 e. The van der Waals surface area contributed by atoms with Crippen LogP contribution in [0.3, 0.4) is 0 Å². The van der Waals surface area contributed by atoms with E-state index in [2.05, 4.69) is 4.98 Å². The number of Topliss-reactive ketones (excluding diaryl/α,β-unsaturated/α-hetero) is 1. The number of carbonyl (C=O) groups is 3. The third-order valence-corrected chi connectivity index (χ3v) is 6.48. The third-order valence-electron chi connectivity index (χ3n) is 6.48. The van der Waals surface area contributed by atoms with E-state index in [4.69, 9.17) is 0 Å². The van der Waals surface area contributed by atoms with Crippen LogP contribution in [-0.2, 0) is 11.2 Å². The largest absolute Gasteiger partial charge is 0.354 e. The van der Waals surface area contributed by atoms with Crippen molar-refractivity contribution in [3.8, 4) is 0 Å². The minimum Gasteiger partial charge on any atom is -0.354 e. The van der Waals surface area contributed by atoms with E-state index in [1.165, 1.54) is 6.42 Å². The van der Waals surface area contributed by atoms with E-state index >= 15 is 0 Å². The number of nitrogens with one attached hydrogen (secondary N) is 1. The van der Waals surface area contributed by atoms with Crippen LogP contribution in [0.4, 0.5) is 0 Å². The van der Waals surface area contributed by atoms with Crippen LogP contribution < -0.4 is 0 Å². The zero-order valence-electron chi connectivity index (χ0n) is 16.2. The Morgan fingerprint density at radius 3 is 2.26 bits per heavy atom. The van der Waals surface area contributed by atoms with Crippen LogP contribution in [0.25, 0.3) is 0 Å². The summed E-state index contributed by atoms with van der Waals surface area (Å²) in [6.07, 6.45) is 7.84. The second-order valence-corrected chi connectivity index (χ2v) is 8.21. The van der Waals surface area contributed by atoms with Gasteiger partial charge in [0.15, 0.2) is 5.78 Å². The summed E-state index contributed by atoms with van der Waals surface area (Å²) >= 11 is 0. The van der Waals surface area contributed by atoms with Crippen molar-refractivity contribution in [2.75, 3.05) is 26.2 Å². The standard InChI is InChI=1S/C21H29N3O3/c1-14-18-16(8-5-9-17(18)25)22-19(14)21(27)24-12-10-23(11-13-24)20(26)15-6-3-2-4-7-15/h15,22H,2-13H2,1H3. The molecule has 27 heavy (non-hydrogen) atoms. The predicted molar refractivity (Wildman–Crippen MR) is 102 cm³/mol. The van der Waals surface area contributed by atoms with Crippen LogP contribution in [0.1, 0.15) is 77.0 Å². The number of hydrogen-bond donors (Lipinski definition) is 1. The Kier molecular flexibility index (Phi) is 5.06. The number of H-pyrrole nitrogens is 1. The fourth-order valence-electron chi connectivity index (χ4n) is 4.88. The number of carbonyl (C=O) groups excluding carboxylic acids is 3. The minimum absolute atomic E-state index is 0.0422. The maximum absolute atomic E-state index is 13.0. The molecule has 2 amide bonds. The van der Waals surface area contributed by atoms with Gasteiger partial charge in [0.05, 0.1) is 0 Å². The molecular weight excluding hydrogens is 342 g/mol. The lowest BCUT2D eigenvalue weighted by atomic mass is 9.88. The Labute approximate surface area is 160 Å². The summed E-state index contributed by atoms with van der Waals surface area (Å²) in [5.41, 5.74) is 3.00. The zero-order chi connectivity index (χ0) is 19.0. The quantitative estimate of drug-likeness (QED) is 0.869. The third kappa shape index (κ3) is 3.42. The number of aromatic amines is 1. The van der Waals surface area contributed by atoms with E-state index in [1.54, 1.807) is 0 Å². The number of aromatic nitrogens is 1. The van der Waals surface area contributed by atoms with Gasteiger partial charge in [0, 0.05) is 49.8 Å². The highest BCUT2D eigenvalue weighted by atomic mass is 16.2. The second kappa shape index (κ2) is 7.49. The Morgan fingerprint density at radius 2 is 1.59 bits per heavy atom. The average Bonchev–Trinajstić information content (AvgIpc) is 3.05. The summed E-state index contributed by atoms with van der Waals surface area (Å²) in [5.74, 6) is 0.565. The summed E-state index contributed by atoms with van der Waals surface area (Å²) in [6, 6.07) is 0. The van der Waals surface area contributed by atoms with Gasteiger partial charge < -0.3 is 14.8 Å². The van der Waals surface area contributed by atoms with Crippen molar-refractivity contribution in [2.24, 2.45) is 5.92 Å². The zero-order valence-corrected chi connectivity index (χ0v) is 16.2. The van der Waals surface area contributed by atoms with Crippen molar-refractivity contribution in [3.63, 3.8) is 0 Å². The van der Waals surface area contributed by atoms with Gasteiger partial charge in [0.25, 0.3) is 5.91 Å². The number of amides is 2. The molecule has 0 radical (unpaired) electrons. The molecule has 6 nitrogen and oxygen atoms in total.